The summed E-state index contributed by atoms with van der Waals surface area (Å²) in [5, 5.41) is 3.51. The molecule has 1 N–H and O–H groups in total. The first kappa shape index (κ1) is 22.2. The Bertz CT molecular complexity index is 472. The van der Waals surface area contributed by atoms with Gasteiger partial charge >= 0.3 is 0 Å². The van der Waals surface area contributed by atoms with Crippen LogP contribution in [-0.4, -0.2) is 86.7 Å². The highest BCUT2D eigenvalue weighted by Gasteiger charge is 2.32. The molecule has 0 spiro atoms. The van der Waals surface area contributed by atoms with Crippen molar-refractivity contribution in [2.45, 2.75) is 68.8 Å². The third-order valence-corrected chi connectivity index (χ3v) is 7.63. The highest BCUT2D eigenvalue weighted by atomic mass is 32.2. The first-order valence-electron chi connectivity index (χ1n) is 11.1. The lowest BCUT2D eigenvalue weighted by atomic mass is 9.99. The molecule has 0 aromatic carbocycles. The van der Waals surface area contributed by atoms with Crippen molar-refractivity contribution in [3.63, 3.8) is 0 Å². The summed E-state index contributed by atoms with van der Waals surface area (Å²) in [5.41, 5.74) is 0. The van der Waals surface area contributed by atoms with Gasteiger partial charge in [0, 0.05) is 44.2 Å². The number of thioether (sulfide) groups is 1. The second-order valence-electron chi connectivity index (χ2n) is 8.18. The van der Waals surface area contributed by atoms with Crippen molar-refractivity contribution in [1.82, 2.24) is 10.2 Å². The Morgan fingerprint density at radius 1 is 1.18 bits per heavy atom. The number of likely N-dealkylation sites (tertiary alicyclic amines) is 1. The minimum atomic E-state index is 0.236. The molecule has 0 amide bonds. The summed E-state index contributed by atoms with van der Waals surface area (Å²) >= 11 is 1.96. The van der Waals surface area contributed by atoms with E-state index in [0.29, 0.717) is 12.2 Å². The van der Waals surface area contributed by atoms with E-state index in [1.807, 2.05) is 11.8 Å². The van der Waals surface area contributed by atoms with Crippen molar-refractivity contribution < 1.29 is 14.2 Å². The van der Waals surface area contributed by atoms with Gasteiger partial charge in [-0.05, 0) is 58.1 Å². The van der Waals surface area contributed by atoms with Crippen LogP contribution in [0.25, 0.3) is 0 Å². The molecule has 28 heavy (non-hydrogen) atoms. The molecule has 0 radical (unpaired) electrons. The van der Waals surface area contributed by atoms with Gasteiger partial charge in [0.1, 0.15) is 0 Å². The average Bonchev–Trinajstić information content (AvgIpc) is 2.77. The molecule has 3 saturated heterocycles. The van der Waals surface area contributed by atoms with E-state index in [2.05, 4.69) is 23.4 Å². The van der Waals surface area contributed by atoms with Gasteiger partial charge < -0.3 is 24.4 Å². The molecule has 0 aromatic rings. The number of hydrogen-bond donors (Lipinski definition) is 1. The van der Waals surface area contributed by atoms with Crippen molar-refractivity contribution in [3.05, 3.63) is 0 Å². The normalized spacial score (nSPS) is 27.0. The van der Waals surface area contributed by atoms with Gasteiger partial charge in [-0.1, -0.05) is 0 Å². The topological polar surface area (TPSA) is 55.3 Å². The summed E-state index contributed by atoms with van der Waals surface area (Å²) in [6.07, 6.45) is 10.8. The minimum absolute atomic E-state index is 0.236. The van der Waals surface area contributed by atoms with E-state index < -0.39 is 0 Å². The number of hydrogen-bond acceptors (Lipinski definition) is 5. The quantitative estimate of drug-likeness (QED) is 0.512. The van der Waals surface area contributed by atoms with Gasteiger partial charge in [-0.3, -0.25) is 4.99 Å². The number of ether oxygens (including phenoxy) is 3. The zero-order chi connectivity index (χ0) is 19.7. The molecule has 3 aliphatic rings. The lowest BCUT2D eigenvalue weighted by Gasteiger charge is -2.37. The van der Waals surface area contributed by atoms with Gasteiger partial charge in [-0.15, -0.1) is 0 Å². The van der Waals surface area contributed by atoms with Crippen LogP contribution < -0.4 is 5.32 Å². The summed E-state index contributed by atoms with van der Waals surface area (Å²) in [6, 6.07) is 0. The van der Waals surface area contributed by atoms with Crippen LogP contribution in [0.4, 0.5) is 0 Å². The monoisotopic (exact) mass is 413 g/mol. The lowest BCUT2D eigenvalue weighted by Crippen LogP contribution is -2.48. The summed E-state index contributed by atoms with van der Waals surface area (Å²) in [4.78, 5) is 7.45. The molecular formula is C21H39N3O3S. The predicted molar refractivity (Wildman–Crippen MR) is 116 cm³/mol. The Balaban J connectivity index is 1.46. The zero-order valence-electron chi connectivity index (χ0n) is 17.8. The van der Waals surface area contributed by atoms with Crippen LogP contribution in [0.5, 0.6) is 0 Å². The molecule has 7 heteroatoms. The molecular weight excluding hydrogens is 374 g/mol. The highest BCUT2D eigenvalue weighted by molar-refractivity contribution is 8.00. The third-order valence-electron chi connectivity index (χ3n) is 6.22. The Hall–Kier alpha value is -0.500. The van der Waals surface area contributed by atoms with E-state index in [-0.39, 0.29) is 4.75 Å². The Morgan fingerprint density at radius 2 is 1.96 bits per heavy atom. The second kappa shape index (κ2) is 11.6. The number of rotatable bonds is 7. The van der Waals surface area contributed by atoms with E-state index >= 15 is 0 Å². The smallest absolute Gasteiger partial charge is 0.193 e. The van der Waals surface area contributed by atoms with Gasteiger partial charge in [-0.25, -0.2) is 0 Å². The van der Waals surface area contributed by atoms with Crippen LogP contribution in [0.1, 0.15) is 51.9 Å². The molecule has 1 unspecified atom stereocenters. The summed E-state index contributed by atoms with van der Waals surface area (Å²) in [6.45, 7) is 9.33. The highest BCUT2D eigenvalue weighted by Crippen LogP contribution is 2.34. The van der Waals surface area contributed by atoms with E-state index in [4.69, 9.17) is 19.2 Å². The molecule has 3 aliphatic heterocycles. The molecule has 0 bridgehead atoms. The van der Waals surface area contributed by atoms with Crippen molar-refractivity contribution in [1.29, 1.82) is 0 Å². The standard InChI is InChI=1S/C21H39N3O3S/c1-3-22-20(23-17-21(28-2)9-14-25-15-10-21)24-11-7-18(8-12-24)27-16-19-6-4-5-13-26-19/h18-19H,3-17H2,1-2H3,(H,22,23). The number of piperidine rings is 1. The van der Waals surface area contributed by atoms with Gasteiger partial charge in [-0.2, -0.15) is 11.8 Å². The predicted octanol–water partition coefficient (Wildman–Crippen LogP) is 2.91. The Labute approximate surface area is 175 Å². The van der Waals surface area contributed by atoms with Crippen molar-refractivity contribution >= 4 is 17.7 Å². The molecule has 6 nitrogen and oxygen atoms in total. The molecule has 3 fully saturated rings. The first-order chi connectivity index (χ1) is 13.7. The molecule has 162 valence electrons. The Morgan fingerprint density at radius 3 is 2.61 bits per heavy atom. The van der Waals surface area contributed by atoms with Crippen LogP contribution in [0.2, 0.25) is 0 Å². The maximum Gasteiger partial charge on any atom is 0.193 e. The fourth-order valence-corrected chi connectivity index (χ4v) is 5.00. The van der Waals surface area contributed by atoms with E-state index in [1.54, 1.807) is 0 Å². The van der Waals surface area contributed by atoms with E-state index in [0.717, 1.165) is 90.7 Å². The van der Waals surface area contributed by atoms with Gasteiger partial charge in [0.25, 0.3) is 0 Å². The third kappa shape index (κ3) is 6.51. The number of aliphatic imine (C=N–C) groups is 1. The molecule has 3 rings (SSSR count). The second-order valence-corrected chi connectivity index (χ2v) is 9.45. The average molecular weight is 414 g/mol. The Kier molecular flexibility index (Phi) is 9.21. The van der Waals surface area contributed by atoms with E-state index in [1.165, 1.54) is 12.8 Å². The van der Waals surface area contributed by atoms with Crippen LogP contribution in [-0.2, 0) is 14.2 Å². The van der Waals surface area contributed by atoms with Crippen LogP contribution in [0.3, 0.4) is 0 Å². The molecule has 0 saturated carbocycles. The van der Waals surface area contributed by atoms with Gasteiger partial charge in [0.2, 0.25) is 0 Å². The van der Waals surface area contributed by atoms with Crippen LogP contribution in [0.15, 0.2) is 4.99 Å². The van der Waals surface area contributed by atoms with Crippen LogP contribution >= 0.6 is 11.8 Å². The zero-order valence-corrected chi connectivity index (χ0v) is 18.6. The largest absolute Gasteiger partial charge is 0.381 e. The van der Waals surface area contributed by atoms with Gasteiger partial charge in [0.15, 0.2) is 5.96 Å². The van der Waals surface area contributed by atoms with Crippen molar-refractivity contribution in [2.24, 2.45) is 4.99 Å². The molecule has 1 atom stereocenters. The van der Waals surface area contributed by atoms with Crippen LogP contribution in [0, 0.1) is 0 Å². The minimum Gasteiger partial charge on any atom is -0.381 e. The molecule has 3 heterocycles. The number of nitrogens with one attached hydrogen (secondary N) is 1. The first-order valence-corrected chi connectivity index (χ1v) is 12.4. The van der Waals surface area contributed by atoms with E-state index in [9.17, 15) is 0 Å². The van der Waals surface area contributed by atoms with Crippen molar-refractivity contribution in [3.8, 4) is 0 Å². The van der Waals surface area contributed by atoms with Gasteiger partial charge in [0.05, 0.1) is 25.4 Å². The molecule has 0 aromatic heterocycles. The summed E-state index contributed by atoms with van der Waals surface area (Å²) in [5.74, 6) is 1.07. The summed E-state index contributed by atoms with van der Waals surface area (Å²) in [7, 11) is 0. The fraction of sp³-hybridized carbons (Fsp3) is 0.952. The maximum atomic E-state index is 6.17. The maximum absolute atomic E-state index is 6.17. The molecule has 0 aliphatic carbocycles. The number of nitrogens with zero attached hydrogens (tertiary/aromatic N) is 2. The van der Waals surface area contributed by atoms with Crippen molar-refractivity contribution in [2.75, 3.05) is 58.9 Å². The fourth-order valence-electron chi connectivity index (χ4n) is 4.23. The summed E-state index contributed by atoms with van der Waals surface area (Å²) < 4.78 is 17.8. The lowest BCUT2D eigenvalue weighted by molar-refractivity contribution is -0.0721. The number of guanidine groups is 1. The SMILES string of the molecule is CCNC(=NCC1(SC)CCOCC1)N1CCC(OCC2CCCCO2)CC1.